The summed E-state index contributed by atoms with van der Waals surface area (Å²) in [6.07, 6.45) is 0.433. The van der Waals surface area contributed by atoms with Crippen LogP contribution < -0.4 is 5.32 Å². The van der Waals surface area contributed by atoms with Crippen molar-refractivity contribution in [3.63, 3.8) is 0 Å². The molecule has 0 aliphatic rings. The molecule has 0 spiro atoms. The number of hydrogen-bond acceptors (Lipinski definition) is 4. The predicted molar refractivity (Wildman–Crippen MR) is 69.0 cm³/mol. The highest BCUT2D eigenvalue weighted by Gasteiger charge is 2.04. The molecule has 0 amide bonds. The number of para-hydroxylation sites is 1. The Morgan fingerprint density at radius 2 is 2.12 bits per heavy atom. The molecule has 1 aromatic rings. The second-order valence-corrected chi connectivity index (χ2v) is 4.70. The molecule has 0 fully saturated rings. The number of thioether (sulfide) groups is 1. The summed E-state index contributed by atoms with van der Waals surface area (Å²) in [7, 11) is 0. The lowest BCUT2D eigenvalue weighted by molar-refractivity contribution is 0.105. The van der Waals surface area contributed by atoms with Crippen LogP contribution in [0.1, 0.15) is 13.3 Å². The second kappa shape index (κ2) is 7.54. The summed E-state index contributed by atoms with van der Waals surface area (Å²) in [5.41, 5.74) is 1.02. The lowest BCUT2D eigenvalue weighted by Gasteiger charge is -2.13. The summed E-state index contributed by atoms with van der Waals surface area (Å²) in [4.78, 5) is 1.19. The molecule has 90 valence electrons. The quantitative estimate of drug-likeness (QED) is 0.639. The van der Waals surface area contributed by atoms with Crippen molar-refractivity contribution in [2.45, 2.75) is 24.3 Å². The van der Waals surface area contributed by atoms with Crippen LogP contribution in [0.5, 0.6) is 0 Å². The Hall–Kier alpha value is -0.710. The van der Waals surface area contributed by atoms with Gasteiger partial charge in [0.15, 0.2) is 0 Å². The van der Waals surface area contributed by atoms with Crippen LogP contribution in [-0.2, 0) is 0 Å². The van der Waals surface area contributed by atoms with Crippen molar-refractivity contribution in [2.24, 2.45) is 0 Å². The van der Waals surface area contributed by atoms with Gasteiger partial charge in [-0.25, -0.2) is 0 Å². The Balaban J connectivity index is 2.56. The van der Waals surface area contributed by atoms with Crippen molar-refractivity contribution < 1.29 is 10.2 Å². The van der Waals surface area contributed by atoms with Gasteiger partial charge in [0.1, 0.15) is 0 Å². The maximum Gasteiger partial charge on any atom is 0.0942 e. The first-order chi connectivity index (χ1) is 7.77. The van der Waals surface area contributed by atoms with Crippen LogP contribution in [0, 0.1) is 0 Å². The zero-order chi connectivity index (χ0) is 11.8. The molecule has 3 nitrogen and oxygen atoms in total. The third kappa shape index (κ3) is 4.43. The lowest BCUT2D eigenvalue weighted by atomic mass is 10.3. The van der Waals surface area contributed by atoms with E-state index >= 15 is 0 Å². The Kier molecular flexibility index (Phi) is 6.30. The van der Waals surface area contributed by atoms with E-state index in [0.717, 1.165) is 17.9 Å². The minimum Gasteiger partial charge on any atom is -0.394 e. The first kappa shape index (κ1) is 13.4. The van der Waals surface area contributed by atoms with Gasteiger partial charge in [-0.1, -0.05) is 19.1 Å². The Morgan fingerprint density at radius 1 is 1.38 bits per heavy atom. The molecule has 3 N–H and O–H groups in total. The van der Waals surface area contributed by atoms with Crippen LogP contribution in [0.4, 0.5) is 5.69 Å². The summed E-state index contributed by atoms with van der Waals surface area (Å²) in [6.45, 7) is 2.32. The van der Waals surface area contributed by atoms with Crippen molar-refractivity contribution in [1.82, 2.24) is 0 Å². The normalized spacial score (nSPS) is 12.4. The van der Waals surface area contributed by atoms with Gasteiger partial charge in [0, 0.05) is 17.1 Å². The van der Waals surface area contributed by atoms with Gasteiger partial charge in [0.05, 0.1) is 12.7 Å². The van der Waals surface area contributed by atoms with Crippen molar-refractivity contribution in [3.8, 4) is 0 Å². The third-order valence-electron chi connectivity index (χ3n) is 2.09. The van der Waals surface area contributed by atoms with E-state index in [0.29, 0.717) is 6.54 Å². The molecule has 0 aliphatic carbocycles. The summed E-state index contributed by atoms with van der Waals surface area (Å²) in [5, 5.41) is 21.1. The van der Waals surface area contributed by atoms with Crippen LogP contribution in [0.2, 0.25) is 0 Å². The van der Waals surface area contributed by atoms with Gasteiger partial charge in [-0.15, -0.1) is 11.8 Å². The number of benzene rings is 1. The molecule has 0 bridgehead atoms. The van der Waals surface area contributed by atoms with E-state index in [1.807, 2.05) is 18.2 Å². The standard InChI is InChI=1S/C12H19NO2S/c1-2-7-16-12-6-4-3-5-11(12)13-8-10(15)9-14/h3-6,10,13-15H,2,7-9H2,1H3. The average Bonchev–Trinajstić information content (AvgIpc) is 2.34. The predicted octanol–water partition coefficient (Wildman–Crippen LogP) is 1.95. The molecule has 1 aromatic carbocycles. The highest BCUT2D eigenvalue weighted by Crippen LogP contribution is 2.27. The van der Waals surface area contributed by atoms with Crippen LogP contribution in [-0.4, -0.2) is 35.2 Å². The first-order valence-corrected chi connectivity index (χ1v) is 6.51. The van der Waals surface area contributed by atoms with E-state index in [2.05, 4.69) is 18.3 Å². The third-order valence-corrected chi connectivity index (χ3v) is 3.37. The average molecular weight is 241 g/mol. The van der Waals surface area contributed by atoms with Crippen molar-refractivity contribution in [3.05, 3.63) is 24.3 Å². The smallest absolute Gasteiger partial charge is 0.0942 e. The highest BCUT2D eigenvalue weighted by atomic mass is 32.2. The van der Waals surface area contributed by atoms with Gasteiger partial charge >= 0.3 is 0 Å². The van der Waals surface area contributed by atoms with E-state index in [9.17, 15) is 5.11 Å². The number of rotatable bonds is 7. The fourth-order valence-electron chi connectivity index (χ4n) is 1.24. The minimum atomic E-state index is -0.704. The summed E-state index contributed by atoms with van der Waals surface area (Å²) < 4.78 is 0. The molecule has 0 aliphatic heterocycles. The van der Waals surface area contributed by atoms with Crippen molar-refractivity contribution >= 4 is 17.4 Å². The fraction of sp³-hybridized carbons (Fsp3) is 0.500. The zero-order valence-corrected chi connectivity index (χ0v) is 10.3. The molecule has 4 heteroatoms. The molecule has 16 heavy (non-hydrogen) atoms. The van der Waals surface area contributed by atoms with Gasteiger partial charge in [-0.05, 0) is 24.3 Å². The van der Waals surface area contributed by atoms with Gasteiger partial charge in [0.2, 0.25) is 0 Å². The molecule has 0 heterocycles. The Labute approximate surface area is 101 Å². The van der Waals surface area contributed by atoms with Crippen LogP contribution in [0.3, 0.4) is 0 Å². The number of hydrogen-bond donors (Lipinski definition) is 3. The fourth-order valence-corrected chi connectivity index (χ4v) is 2.14. The summed E-state index contributed by atoms with van der Waals surface area (Å²) in [6, 6.07) is 8.02. The van der Waals surface area contributed by atoms with E-state index in [4.69, 9.17) is 5.11 Å². The zero-order valence-electron chi connectivity index (χ0n) is 9.52. The lowest BCUT2D eigenvalue weighted by Crippen LogP contribution is -2.23. The number of aliphatic hydroxyl groups is 2. The van der Waals surface area contributed by atoms with Crippen LogP contribution in [0.25, 0.3) is 0 Å². The minimum absolute atomic E-state index is 0.211. The van der Waals surface area contributed by atoms with Gasteiger partial charge in [-0.2, -0.15) is 0 Å². The molecule has 0 radical (unpaired) electrons. The summed E-state index contributed by atoms with van der Waals surface area (Å²) in [5.74, 6) is 1.08. The number of aliphatic hydroxyl groups excluding tert-OH is 2. The van der Waals surface area contributed by atoms with E-state index in [1.54, 1.807) is 11.8 Å². The van der Waals surface area contributed by atoms with Gasteiger partial charge in [-0.3, -0.25) is 0 Å². The highest BCUT2D eigenvalue weighted by molar-refractivity contribution is 7.99. The molecule has 0 saturated heterocycles. The van der Waals surface area contributed by atoms with E-state index in [-0.39, 0.29) is 6.61 Å². The summed E-state index contributed by atoms with van der Waals surface area (Å²) >= 11 is 1.80. The molecule has 1 rings (SSSR count). The van der Waals surface area contributed by atoms with Crippen molar-refractivity contribution in [1.29, 1.82) is 0 Å². The molecular weight excluding hydrogens is 222 g/mol. The first-order valence-electron chi connectivity index (χ1n) is 5.52. The SMILES string of the molecule is CCCSc1ccccc1NCC(O)CO. The van der Waals surface area contributed by atoms with Crippen LogP contribution >= 0.6 is 11.8 Å². The van der Waals surface area contributed by atoms with Crippen molar-refractivity contribution in [2.75, 3.05) is 24.2 Å². The molecular formula is C12H19NO2S. The van der Waals surface area contributed by atoms with Crippen LogP contribution in [0.15, 0.2) is 29.2 Å². The second-order valence-electron chi connectivity index (χ2n) is 3.56. The molecule has 1 unspecified atom stereocenters. The Morgan fingerprint density at radius 3 is 2.81 bits per heavy atom. The maximum atomic E-state index is 9.27. The molecule has 0 aromatic heterocycles. The monoisotopic (exact) mass is 241 g/mol. The Bertz CT molecular complexity index is 307. The topological polar surface area (TPSA) is 52.5 Å². The number of anilines is 1. The molecule has 0 saturated carbocycles. The van der Waals surface area contributed by atoms with Gasteiger partial charge < -0.3 is 15.5 Å². The maximum absolute atomic E-state index is 9.27. The van der Waals surface area contributed by atoms with E-state index in [1.165, 1.54) is 4.90 Å². The largest absolute Gasteiger partial charge is 0.394 e. The number of nitrogens with one attached hydrogen (secondary N) is 1. The van der Waals surface area contributed by atoms with Gasteiger partial charge in [0.25, 0.3) is 0 Å². The van der Waals surface area contributed by atoms with E-state index < -0.39 is 6.10 Å². The molecule has 1 atom stereocenters.